The van der Waals surface area contributed by atoms with Crippen molar-refractivity contribution in [3.63, 3.8) is 0 Å². The maximum Gasteiger partial charge on any atom is 0.269 e. The molecule has 1 fully saturated rings. The molecule has 1 saturated heterocycles. The minimum absolute atomic E-state index is 0.0393. The second kappa shape index (κ2) is 6.26. The zero-order chi connectivity index (χ0) is 13.7. The SMILES string of the molecule is O=C(NCc1ccc([N+](=O)[O-])cc1)C1COCCN1. The first-order valence-electron chi connectivity index (χ1n) is 5.99. The van der Waals surface area contributed by atoms with Crippen LogP contribution < -0.4 is 10.6 Å². The summed E-state index contributed by atoms with van der Waals surface area (Å²) in [6.45, 7) is 1.99. The lowest BCUT2D eigenvalue weighted by Gasteiger charge is -2.22. The molecule has 7 nitrogen and oxygen atoms in total. The third kappa shape index (κ3) is 3.73. The molecule has 0 aliphatic carbocycles. The van der Waals surface area contributed by atoms with Crippen molar-refractivity contribution in [1.82, 2.24) is 10.6 Å². The number of hydrogen-bond acceptors (Lipinski definition) is 5. The van der Waals surface area contributed by atoms with Crippen molar-refractivity contribution in [2.24, 2.45) is 0 Å². The summed E-state index contributed by atoms with van der Waals surface area (Å²) in [5, 5.41) is 16.3. The van der Waals surface area contributed by atoms with E-state index in [1.807, 2.05) is 0 Å². The molecule has 2 N–H and O–H groups in total. The van der Waals surface area contributed by atoms with E-state index in [4.69, 9.17) is 4.74 Å². The maximum absolute atomic E-state index is 11.8. The monoisotopic (exact) mass is 265 g/mol. The summed E-state index contributed by atoms with van der Waals surface area (Å²) in [6, 6.07) is 5.77. The van der Waals surface area contributed by atoms with Gasteiger partial charge in [-0.05, 0) is 5.56 Å². The van der Waals surface area contributed by atoms with E-state index in [-0.39, 0.29) is 17.6 Å². The van der Waals surface area contributed by atoms with Gasteiger partial charge in [0.15, 0.2) is 0 Å². The fourth-order valence-corrected chi connectivity index (χ4v) is 1.78. The van der Waals surface area contributed by atoms with Gasteiger partial charge in [-0.3, -0.25) is 14.9 Å². The first kappa shape index (κ1) is 13.4. The van der Waals surface area contributed by atoms with Crippen molar-refractivity contribution >= 4 is 11.6 Å². The van der Waals surface area contributed by atoms with Crippen LogP contribution in [-0.4, -0.2) is 36.6 Å². The molecule has 0 spiro atoms. The number of nitrogens with zero attached hydrogens (tertiary/aromatic N) is 1. The van der Waals surface area contributed by atoms with Gasteiger partial charge in [0.05, 0.1) is 18.1 Å². The smallest absolute Gasteiger partial charge is 0.269 e. The molecule has 102 valence electrons. The van der Waals surface area contributed by atoms with Crippen molar-refractivity contribution in [2.75, 3.05) is 19.8 Å². The van der Waals surface area contributed by atoms with Gasteiger partial charge >= 0.3 is 0 Å². The molecule has 1 aliphatic rings. The molecule has 7 heteroatoms. The molecule has 1 amide bonds. The average Bonchev–Trinajstić information content (AvgIpc) is 2.46. The Morgan fingerprint density at radius 1 is 1.47 bits per heavy atom. The molecular formula is C12H15N3O4. The van der Waals surface area contributed by atoms with Gasteiger partial charge in [0, 0.05) is 25.2 Å². The highest BCUT2D eigenvalue weighted by molar-refractivity contribution is 5.81. The number of nitro benzene ring substituents is 1. The normalized spacial score (nSPS) is 18.8. The number of carbonyl (C=O) groups excluding carboxylic acids is 1. The molecule has 1 aromatic rings. The second-order valence-corrected chi connectivity index (χ2v) is 4.22. The van der Waals surface area contributed by atoms with E-state index in [2.05, 4.69) is 10.6 Å². The van der Waals surface area contributed by atoms with E-state index in [1.165, 1.54) is 12.1 Å². The molecular weight excluding hydrogens is 250 g/mol. The minimum atomic E-state index is -0.453. The number of carbonyl (C=O) groups is 1. The van der Waals surface area contributed by atoms with Crippen molar-refractivity contribution < 1.29 is 14.5 Å². The number of benzene rings is 1. The van der Waals surface area contributed by atoms with E-state index >= 15 is 0 Å². The van der Waals surface area contributed by atoms with Crippen molar-refractivity contribution in [3.8, 4) is 0 Å². The van der Waals surface area contributed by atoms with Gasteiger partial charge in [-0.2, -0.15) is 0 Å². The fraction of sp³-hybridized carbons (Fsp3) is 0.417. The number of rotatable bonds is 4. The lowest BCUT2D eigenvalue weighted by atomic mass is 10.2. The van der Waals surface area contributed by atoms with Crippen LogP contribution in [0.15, 0.2) is 24.3 Å². The van der Waals surface area contributed by atoms with Crippen molar-refractivity contribution in [2.45, 2.75) is 12.6 Å². The minimum Gasteiger partial charge on any atom is -0.378 e. The van der Waals surface area contributed by atoms with Crippen LogP contribution in [0.5, 0.6) is 0 Å². The van der Waals surface area contributed by atoms with E-state index in [1.54, 1.807) is 12.1 Å². The molecule has 1 heterocycles. The molecule has 2 rings (SSSR count). The van der Waals surface area contributed by atoms with Crippen LogP contribution >= 0.6 is 0 Å². The van der Waals surface area contributed by atoms with E-state index in [0.717, 1.165) is 5.56 Å². The molecule has 0 saturated carbocycles. The van der Waals surface area contributed by atoms with Gasteiger partial charge in [-0.15, -0.1) is 0 Å². The lowest BCUT2D eigenvalue weighted by molar-refractivity contribution is -0.384. The van der Waals surface area contributed by atoms with Crippen molar-refractivity contribution in [3.05, 3.63) is 39.9 Å². The number of non-ortho nitro benzene ring substituents is 1. The Kier molecular flexibility index (Phi) is 4.43. The topological polar surface area (TPSA) is 93.5 Å². The Bertz CT molecular complexity index is 455. The fourth-order valence-electron chi connectivity index (χ4n) is 1.78. The zero-order valence-electron chi connectivity index (χ0n) is 10.3. The van der Waals surface area contributed by atoms with Crippen molar-refractivity contribution in [1.29, 1.82) is 0 Å². The Morgan fingerprint density at radius 3 is 2.79 bits per heavy atom. The number of amides is 1. The number of nitrogens with one attached hydrogen (secondary N) is 2. The molecule has 1 unspecified atom stereocenters. The Labute approximate surface area is 110 Å². The van der Waals surface area contributed by atoms with Crippen LogP contribution in [0.4, 0.5) is 5.69 Å². The van der Waals surface area contributed by atoms with Crippen LogP contribution in [0.1, 0.15) is 5.56 Å². The first-order valence-corrected chi connectivity index (χ1v) is 5.99. The van der Waals surface area contributed by atoms with Gasteiger partial charge in [0.1, 0.15) is 6.04 Å². The Balaban J connectivity index is 1.84. The summed E-state index contributed by atoms with van der Waals surface area (Å²) in [5.74, 6) is -0.127. The van der Waals surface area contributed by atoms with Crippen LogP contribution in [0, 0.1) is 10.1 Å². The quantitative estimate of drug-likeness (QED) is 0.599. The summed E-state index contributed by atoms with van der Waals surface area (Å²) < 4.78 is 5.20. The predicted octanol–water partition coefficient (Wildman–Crippen LogP) is 0.199. The van der Waals surface area contributed by atoms with Gasteiger partial charge in [0.2, 0.25) is 5.91 Å². The number of morpholine rings is 1. The third-order valence-electron chi connectivity index (χ3n) is 2.85. The number of nitro groups is 1. The number of hydrogen-bond donors (Lipinski definition) is 2. The van der Waals surface area contributed by atoms with Crippen LogP contribution in [-0.2, 0) is 16.1 Å². The van der Waals surface area contributed by atoms with Gasteiger partial charge in [-0.25, -0.2) is 0 Å². The van der Waals surface area contributed by atoms with Crippen LogP contribution in [0.25, 0.3) is 0 Å². The maximum atomic E-state index is 11.8. The highest BCUT2D eigenvalue weighted by Crippen LogP contribution is 2.11. The van der Waals surface area contributed by atoms with E-state index in [9.17, 15) is 14.9 Å². The number of ether oxygens (including phenoxy) is 1. The molecule has 19 heavy (non-hydrogen) atoms. The van der Waals surface area contributed by atoms with Crippen LogP contribution in [0.2, 0.25) is 0 Å². The molecule has 1 aromatic carbocycles. The highest BCUT2D eigenvalue weighted by Gasteiger charge is 2.20. The van der Waals surface area contributed by atoms with Gasteiger partial charge < -0.3 is 15.4 Å². The Morgan fingerprint density at radius 2 is 2.21 bits per heavy atom. The Hall–Kier alpha value is -1.99. The molecule has 1 aliphatic heterocycles. The molecule has 0 bridgehead atoms. The van der Waals surface area contributed by atoms with Gasteiger partial charge in [0.25, 0.3) is 5.69 Å². The highest BCUT2D eigenvalue weighted by atomic mass is 16.6. The van der Waals surface area contributed by atoms with E-state index < -0.39 is 4.92 Å². The summed E-state index contributed by atoms with van der Waals surface area (Å²) in [7, 11) is 0. The zero-order valence-corrected chi connectivity index (χ0v) is 10.3. The second-order valence-electron chi connectivity index (χ2n) is 4.22. The summed E-state index contributed by atoms with van der Waals surface area (Å²) in [6.07, 6.45) is 0. The van der Waals surface area contributed by atoms with E-state index in [0.29, 0.717) is 26.3 Å². The van der Waals surface area contributed by atoms with Crippen LogP contribution in [0.3, 0.4) is 0 Å². The molecule has 0 radical (unpaired) electrons. The average molecular weight is 265 g/mol. The van der Waals surface area contributed by atoms with Gasteiger partial charge in [-0.1, -0.05) is 12.1 Å². The molecule has 1 atom stereocenters. The summed E-state index contributed by atoms with van der Waals surface area (Å²) in [5.41, 5.74) is 0.855. The molecule has 0 aromatic heterocycles. The standard InChI is InChI=1S/C12H15N3O4/c16-12(11-8-19-6-5-13-11)14-7-9-1-3-10(4-2-9)15(17)18/h1-4,11,13H,5-8H2,(H,14,16). The predicted molar refractivity (Wildman–Crippen MR) is 67.6 cm³/mol. The lowest BCUT2D eigenvalue weighted by Crippen LogP contribution is -2.51. The largest absolute Gasteiger partial charge is 0.378 e. The summed E-state index contributed by atoms with van der Waals surface area (Å²) >= 11 is 0. The summed E-state index contributed by atoms with van der Waals surface area (Å²) in [4.78, 5) is 21.8. The third-order valence-corrected chi connectivity index (χ3v) is 2.85. The first-order chi connectivity index (χ1) is 9.16.